The van der Waals surface area contributed by atoms with Gasteiger partial charge in [-0.05, 0) is 18.9 Å². The van der Waals surface area contributed by atoms with Crippen molar-refractivity contribution in [3.63, 3.8) is 0 Å². The van der Waals surface area contributed by atoms with Gasteiger partial charge in [0.1, 0.15) is 5.82 Å². The van der Waals surface area contributed by atoms with Crippen LogP contribution in [0.3, 0.4) is 0 Å². The topological polar surface area (TPSA) is 88.2 Å². The van der Waals surface area contributed by atoms with E-state index in [0.29, 0.717) is 17.5 Å². The number of aromatic nitrogens is 1. The summed E-state index contributed by atoms with van der Waals surface area (Å²) in [5.74, 6) is -0.452. The van der Waals surface area contributed by atoms with Crippen LogP contribution in [0.5, 0.6) is 0 Å². The SMILES string of the molecule is CCCC(CC)Nc1ncc(C(=O)O)cc1N. The lowest BCUT2D eigenvalue weighted by atomic mass is 10.1. The molecule has 1 heterocycles. The van der Waals surface area contributed by atoms with E-state index in [4.69, 9.17) is 10.8 Å². The third-order valence-electron chi connectivity index (χ3n) is 2.63. The van der Waals surface area contributed by atoms with E-state index < -0.39 is 5.97 Å². The fourth-order valence-electron chi connectivity index (χ4n) is 1.64. The molecule has 0 aliphatic rings. The number of aromatic carboxylic acids is 1. The highest BCUT2D eigenvalue weighted by atomic mass is 16.4. The minimum Gasteiger partial charge on any atom is -0.478 e. The standard InChI is InChI=1S/C12H19N3O2/c1-3-5-9(4-2)15-11-10(13)6-8(7-14-11)12(16)17/h6-7,9H,3-5,13H2,1-2H3,(H,14,15)(H,16,17). The molecule has 1 aromatic heterocycles. The number of carboxylic acid groups (broad SMARTS) is 1. The van der Waals surface area contributed by atoms with Crippen molar-refractivity contribution in [3.8, 4) is 0 Å². The number of nitrogen functional groups attached to an aromatic ring is 1. The molecule has 0 aliphatic heterocycles. The van der Waals surface area contributed by atoms with Gasteiger partial charge in [0.05, 0.1) is 11.3 Å². The van der Waals surface area contributed by atoms with Gasteiger partial charge < -0.3 is 16.2 Å². The molecule has 5 nitrogen and oxygen atoms in total. The number of pyridine rings is 1. The number of rotatable bonds is 6. The Balaban J connectivity index is 2.81. The first-order chi connectivity index (χ1) is 8.08. The predicted octanol–water partition coefficient (Wildman–Crippen LogP) is 2.35. The zero-order valence-corrected chi connectivity index (χ0v) is 10.2. The summed E-state index contributed by atoms with van der Waals surface area (Å²) in [5, 5.41) is 12.0. The molecule has 1 rings (SSSR count). The third-order valence-corrected chi connectivity index (χ3v) is 2.63. The predicted molar refractivity (Wildman–Crippen MR) is 68.2 cm³/mol. The summed E-state index contributed by atoms with van der Waals surface area (Å²) in [6.45, 7) is 4.21. The lowest BCUT2D eigenvalue weighted by Gasteiger charge is -2.17. The van der Waals surface area contributed by atoms with Crippen molar-refractivity contribution < 1.29 is 9.90 Å². The van der Waals surface area contributed by atoms with Crippen LogP contribution in [-0.2, 0) is 0 Å². The van der Waals surface area contributed by atoms with Crippen LogP contribution in [0.15, 0.2) is 12.3 Å². The summed E-state index contributed by atoms with van der Waals surface area (Å²) in [6.07, 6.45) is 4.42. The van der Waals surface area contributed by atoms with Crippen LogP contribution in [0.4, 0.5) is 11.5 Å². The van der Waals surface area contributed by atoms with Gasteiger partial charge >= 0.3 is 5.97 Å². The maximum atomic E-state index is 10.7. The monoisotopic (exact) mass is 237 g/mol. The first-order valence-electron chi connectivity index (χ1n) is 5.83. The Morgan fingerprint density at radius 2 is 2.29 bits per heavy atom. The zero-order valence-electron chi connectivity index (χ0n) is 10.2. The minimum atomic E-state index is -1.02. The molecule has 0 amide bonds. The van der Waals surface area contributed by atoms with E-state index in [1.807, 2.05) is 0 Å². The number of carboxylic acids is 1. The van der Waals surface area contributed by atoms with Crippen LogP contribution in [0.1, 0.15) is 43.5 Å². The Labute approximate surface area is 101 Å². The van der Waals surface area contributed by atoms with Gasteiger partial charge in [0.25, 0.3) is 0 Å². The molecule has 94 valence electrons. The minimum absolute atomic E-state index is 0.108. The summed E-state index contributed by atoms with van der Waals surface area (Å²) in [7, 11) is 0. The van der Waals surface area contributed by atoms with Gasteiger partial charge in [0.2, 0.25) is 0 Å². The summed E-state index contributed by atoms with van der Waals surface area (Å²) >= 11 is 0. The fourth-order valence-corrected chi connectivity index (χ4v) is 1.64. The normalized spacial score (nSPS) is 12.1. The van der Waals surface area contributed by atoms with Crippen LogP contribution in [0, 0.1) is 0 Å². The summed E-state index contributed by atoms with van der Waals surface area (Å²) in [6, 6.07) is 1.75. The van der Waals surface area contributed by atoms with Crippen molar-refractivity contribution >= 4 is 17.5 Å². The van der Waals surface area contributed by atoms with Gasteiger partial charge in [-0.15, -0.1) is 0 Å². The van der Waals surface area contributed by atoms with Crippen LogP contribution >= 0.6 is 0 Å². The van der Waals surface area contributed by atoms with E-state index >= 15 is 0 Å². The lowest BCUT2D eigenvalue weighted by molar-refractivity contribution is 0.0696. The molecule has 4 N–H and O–H groups in total. The molecule has 0 spiro atoms. The van der Waals surface area contributed by atoms with E-state index in [1.165, 1.54) is 12.3 Å². The van der Waals surface area contributed by atoms with E-state index in [0.717, 1.165) is 19.3 Å². The molecule has 0 fully saturated rings. The molecule has 0 radical (unpaired) electrons. The second-order valence-electron chi connectivity index (χ2n) is 4.01. The van der Waals surface area contributed by atoms with Gasteiger partial charge in [-0.1, -0.05) is 20.3 Å². The lowest BCUT2D eigenvalue weighted by Crippen LogP contribution is -2.20. The number of nitrogens with two attached hydrogens (primary N) is 1. The number of hydrogen-bond acceptors (Lipinski definition) is 4. The Morgan fingerprint density at radius 1 is 1.59 bits per heavy atom. The molecule has 17 heavy (non-hydrogen) atoms. The average Bonchev–Trinajstić information content (AvgIpc) is 2.30. The van der Waals surface area contributed by atoms with Crippen molar-refractivity contribution in [2.24, 2.45) is 0 Å². The van der Waals surface area contributed by atoms with Crippen molar-refractivity contribution in [2.45, 2.75) is 39.2 Å². The molecule has 1 atom stereocenters. The molecular formula is C12H19N3O2. The van der Waals surface area contributed by atoms with E-state index in [9.17, 15) is 4.79 Å². The van der Waals surface area contributed by atoms with Gasteiger partial charge in [-0.3, -0.25) is 0 Å². The smallest absolute Gasteiger partial charge is 0.337 e. The van der Waals surface area contributed by atoms with Gasteiger partial charge in [-0.25, -0.2) is 9.78 Å². The Morgan fingerprint density at radius 3 is 2.76 bits per heavy atom. The number of nitrogens with one attached hydrogen (secondary N) is 1. The highest BCUT2D eigenvalue weighted by Gasteiger charge is 2.10. The molecule has 1 aromatic rings. The highest BCUT2D eigenvalue weighted by molar-refractivity contribution is 5.89. The largest absolute Gasteiger partial charge is 0.478 e. The van der Waals surface area contributed by atoms with E-state index in [1.54, 1.807) is 0 Å². The summed E-state index contributed by atoms with van der Waals surface area (Å²) in [4.78, 5) is 14.8. The van der Waals surface area contributed by atoms with Crippen LogP contribution in [0.25, 0.3) is 0 Å². The first kappa shape index (κ1) is 13.3. The second-order valence-corrected chi connectivity index (χ2v) is 4.01. The maximum Gasteiger partial charge on any atom is 0.337 e. The molecule has 1 unspecified atom stereocenters. The van der Waals surface area contributed by atoms with Crippen molar-refractivity contribution in [2.75, 3.05) is 11.1 Å². The number of hydrogen-bond donors (Lipinski definition) is 3. The molecule has 0 aromatic carbocycles. The summed E-state index contributed by atoms with van der Waals surface area (Å²) in [5.41, 5.74) is 6.25. The van der Waals surface area contributed by atoms with Crippen LogP contribution in [-0.4, -0.2) is 22.1 Å². The number of anilines is 2. The molecule has 0 bridgehead atoms. The maximum absolute atomic E-state index is 10.7. The molecule has 5 heteroatoms. The quantitative estimate of drug-likeness (QED) is 0.706. The number of nitrogens with zero attached hydrogens (tertiary/aromatic N) is 1. The molecular weight excluding hydrogens is 218 g/mol. The Hall–Kier alpha value is -1.78. The average molecular weight is 237 g/mol. The Kier molecular flexibility index (Phi) is 4.75. The van der Waals surface area contributed by atoms with Crippen molar-refractivity contribution in [3.05, 3.63) is 17.8 Å². The second kappa shape index (κ2) is 6.08. The molecule has 0 saturated heterocycles. The van der Waals surface area contributed by atoms with Crippen molar-refractivity contribution in [1.82, 2.24) is 4.98 Å². The first-order valence-corrected chi connectivity index (χ1v) is 5.83. The van der Waals surface area contributed by atoms with Crippen LogP contribution in [0.2, 0.25) is 0 Å². The highest BCUT2D eigenvalue weighted by Crippen LogP contribution is 2.19. The van der Waals surface area contributed by atoms with Gasteiger partial charge in [0, 0.05) is 12.2 Å². The third kappa shape index (κ3) is 3.62. The van der Waals surface area contributed by atoms with Gasteiger partial charge in [0.15, 0.2) is 0 Å². The molecule has 0 aliphatic carbocycles. The molecule has 0 saturated carbocycles. The number of carbonyl (C=O) groups is 1. The zero-order chi connectivity index (χ0) is 12.8. The fraction of sp³-hybridized carbons (Fsp3) is 0.500. The van der Waals surface area contributed by atoms with E-state index in [2.05, 4.69) is 24.1 Å². The van der Waals surface area contributed by atoms with E-state index in [-0.39, 0.29) is 5.56 Å². The summed E-state index contributed by atoms with van der Waals surface area (Å²) < 4.78 is 0. The van der Waals surface area contributed by atoms with Crippen LogP contribution < -0.4 is 11.1 Å². The van der Waals surface area contributed by atoms with Crippen molar-refractivity contribution in [1.29, 1.82) is 0 Å². The Bertz CT molecular complexity index is 393. The van der Waals surface area contributed by atoms with Gasteiger partial charge in [-0.2, -0.15) is 0 Å².